The Hall–Kier alpha value is -3.62. The summed E-state index contributed by atoms with van der Waals surface area (Å²) in [5, 5.41) is 26.2. The number of aliphatic hydroxyl groups is 2. The number of hydrogen-bond acceptors (Lipinski definition) is 4. The summed E-state index contributed by atoms with van der Waals surface area (Å²) in [6, 6.07) is 16.1. The lowest BCUT2D eigenvalue weighted by molar-refractivity contribution is -0.133. The fourth-order valence-electron chi connectivity index (χ4n) is 3.03. The lowest BCUT2D eigenvalue weighted by Gasteiger charge is -2.24. The molecule has 4 N–H and O–H groups in total. The molecule has 0 aliphatic carbocycles. The van der Waals surface area contributed by atoms with Crippen LogP contribution in [0.4, 0.5) is 20.2 Å². The second-order valence-corrected chi connectivity index (χ2v) is 7.65. The van der Waals surface area contributed by atoms with Gasteiger partial charge >= 0.3 is 0 Å². The zero-order valence-electron chi connectivity index (χ0n) is 17.4. The third-order valence-corrected chi connectivity index (χ3v) is 5.04. The quantitative estimate of drug-likeness (QED) is 0.470. The Balaban J connectivity index is 1.75. The molecule has 32 heavy (non-hydrogen) atoms. The van der Waals surface area contributed by atoms with Crippen LogP contribution >= 0.6 is 0 Å². The Morgan fingerprint density at radius 3 is 1.44 bits per heavy atom. The molecule has 3 aromatic carbocycles. The van der Waals surface area contributed by atoms with Crippen molar-refractivity contribution >= 4 is 23.2 Å². The Morgan fingerprint density at radius 2 is 1.06 bits per heavy atom. The first-order valence-corrected chi connectivity index (χ1v) is 9.70. The molecular formula is C24H22F2N2O4. The number of rotatable bonds is 6. The highest BCUT2D eigenvalue weighted by Crippen LogP contribution is 2.26. The molecule has 0 saturated carbocycles. The minimum Gasteiger partial charge on any atom is -0.376 e. The number of amides is 2. The molecule has 0 radical (unpaired) electrons. The van der Waals surface area contributed by atoms with Crippen LogP contribution < -0.4 is 10.6 Å². The number of halogens is 2. The Kier molecular flexibility index (Phi) is 6.38. The van der Waals surface area contributed by atoms with Gasteiger partial charge in [-0.05, 0) is 67.4 Å². The topological polar surface area (TPSA) is 98.7 Å². The molecule has 6 nitrogen and oxygen atoms in total. The zero-order valence-corrected chi connectivity index (χ0v) is 17.4. The molecule has 3 aromatic rings. The Labute approximate surface area is 183 Å². The van der Waals surface area contributed by atoms with Crippen LogP contribution in [0.3, 0.4) is 0 Å². The van der Waals surface area contributed by atoms with Crippen molar-refractivity contribution < 1.29 is 28.6 Å². The zero-order chi connectivity index (χ0) is 23.5. The molecule has 8 heteroatoms. The molecule has 0 aliphatic heterocycles. The average molecular weight is 440 g/mol. The highest BCUT2D eigenvalue weighted by atomic mass is 19.1. The molecule has 0 fully saturated rings. The van der Waals surface area contributed by atoms with Crippen LogP contribution in [0, 0.1) is 11.6 Å². The maximum atomic E-state index is 13.5. The smallest absolute Gasteiger partial charge is 0.260 e. The van der Waals surface area contributed by atoms with E-state index in [1.807, 2.05) is 0 Å². The van der Waals surface area contributed by atoms with Gasteiger partial charge in [-0.25, -0.2) is 8.78 Å². The highest BCUT2D eigenvalue weighted by Gasteiger charge is 2.34. The van der Waals surface area contributed by atoms with E-state index in [1.54, 1.807) is 6.07 Å². The summed E-state index contributed by atoms with van der Waals surface area (Å²) >= 11 is 0. The van der Waals surface area contributed by atoms with Crippen molar-refractivity contribution in [2.75, 3.05) is 10.6 Å². The van der Waals surface area contributed by atoms with E-state index < -0.39 is 34.7 Å². The number of anilines is 2. The number of benzene rings is 3. The Morgan fingerprint density at radius 1 is 0.688 bits per heavy atom. The minimum atomic E-state index is -2.01. The molecule has 0 bridgehead atoms. The second-order valence-electron chi connectivity index (χ2n) is 7.65. The first kappa shape index (κ1) is 23.1. The first-order valence-electron chi connectivity index (χ1n) is 9.70. The molecule has 166 valence electrons. The Bertz CT molecular complexity index is 1080. The van der Waals surface area contributed by atoms with Gasteiger partial charge in [-0.3, -0.25) is 9.59 Å². The van der Waals surface area contributed by atoms with Crippen molar-refractivity contribution in [3.05, 3.63) is 95.6 Å². The summed E-state index contributed by atoms with van der Waals surface area (Å²) in [5.41, 5.74) is -3.38. The fraction of sp³-hybridized carbons (Fsp3) is 0.167. The van der Waals surface area contributed by atoms with Crippen LogP contribution in [0.15, 0.2) is 72.8 Å². The fourth-order valence-corrected chi connectivity index (χ4v) is 3.03. The van der Waals surface area contributed by atoms with Gasteiger partial charge in [0.15, 0.2) is 11.2 Å². The summed E-state index contributed by atoms with van der Waals surface area (Å²) in [7, 11) is 0. The average Bonchev–Trinajstić information content (AvgIpc) is 2.74. The van der Waals surface area contributed by atoms with E-state index in [9.17, 15) is 28.6 Å². The lowest BCUT2D eigenvalue weighted by Crippen LogP contribution is -2.38. The van der Waals surface area contributed by atoms with E-state index >= 15 is 0 Å². The van der Waals surface area contributed by atoms with E-state index in [0.717, 1.165) is 12.1 Å². The van der Waals surface area contributed by atoms with Crippen LogP contribution in [0.2, 0.25) is 0 Å². The first-order chi connectivity index (χ1) is 15.0. The monoisotopic (exact) mass is 440 g/mol. The van der Waals surface area contributed by atoms with E-state index in [-0.39, 0.29) is 22.5 Å². The van der Waals surface area contributed by atoms with Crippen LogP contribution in [-0.4, -0.2) is 22.0 Å². The molecule has 2 unspecified atom stereocenters. The number of hydrogen-bond donors (Lipinski definition) is 4. The van der Waals surface area contributed by atoms with E-state index in [4.69, 9.17) is 0 Å². The van der Waals surface area contributed by atoms with Crippen molar-refractivity contribution in [1.82, 2.24) is 0 Å². The van der Waals surface area contributed by atoms with Gasteiger partial charge < -0.3 is 20.8 Å². The molecule has 0 heterocycles. The maximum Gasteiger partial charge on any atom is 0.260 e. The molecule has 2 atom stereocenters. The standard InChI is InChI=1S/C24H22F2N2O4/c1-23(31,15-6-3-8-17(25)12-15)21(29)27-19-10-5-11-20(14-19)28-22(30)24(2,32)16-7-4-9-18(26)13-16/h3-14,31-32H,1-2H3,(H,27,29)(H,28,30). The highest BCUT2D eigenvalue weighted by molar-refractivity contribution is 6.00. The predicted octanol–water partition coefficient (Wildman–Crippen LogP) is 3.66. The van der Waals surface area contributed by atoms with Gasteiger partial charge in [0.05, 0.1) is 0 Å². The van der Waals surface area contributed by atoms with Crippen LogP contribution in [-0.2, 0) is 20.8 Å². The minimum absolute atomic E-state index is 0.0746. The summed E-state index contributed by atoms with van der Waals surface area (Å²) in [6.07, 6.45) is 0. The van der Waals surface area contributed by atoms with Crippen LogP contribution in [0.1, 0.15) is 25.0 Å². The number of nitrogens with one attached hydrogen (secondary N) is 2. The van der Waals surface area contributed by atoms with Gasteiger partial charge in [0.25, 0.3) is 11.8 Å². The number of carbonyl (C=O) groups excluding carboxylic acids is 2. The normalized spacial score (nSPS) is 14.7. The van der Waals surface area contributed by atoms with Crippen molar-refractivity contribution in [2.45, 2.75) is 25.0 Å². The predicted molar refractivity (Wildman–Crippen MR) is 116 cm³/mol. The van der Waals surface area contributed by atoms with Crippen molar-refractivity contribution in [3.63, 3.8) is 0 Å². The molecule has 3 rings (SSSR count). The third-order valence-electron chi connectivity index (χ3n) is 5.04. The molecule has 2 amide bonds. The van der Waals surface area contributed by atoms with Crippen LogP contribution in [0.25, 0.3) is 0 Å². The van der Waals surface area contributed by atoms with Gasteiger partial charge in [-0.2, -0.15) is 0 Å². The van der Waals surface area contributed by atoms with Gasteiger partial charge in [-0.15, -0.1) is 0 Å². The summed E-state index contributed by atoms with van der Waals surface area (Å²) in [4.78, 5) is 25.2. The molecular weight excluding hydrogens is 418 g/mol. The van der Waals surface area contributed by atoms with E-state index in [1.165, 1.54) is 68.4 Å². The van der Waals surface area contributed by atoms with Gasteiger partial charge in [0, 0.05) is 11.4 Å². The lowest BCUT2D eigenvalue weighted by atomic mass is 9.94. The van der Waals surface area contributed by atoms with Crippen molar-refractivity contribution in [1.29, 1.82) is 0 Å². The van der Waals surface area contributed by atoms with Crippen molar-refractivity contribution in [3.8, 4) is 0 Å². The van der Waals surface area contributed by atoms with E-state index in [2.05, 4.69) is 10.6 Å². The summed E-state index contributed by atoms with van der Waals surface area (Å²) in [5.74, 6) is -2.80. The third kappa shape index (κ3) is 4.99. The van der Waals surface area contributed by atoms with E-state index in [0.29, 0.717) is 0 Å². The van der Waals surface area contributed by atoms with Gasteiger partial charge in [0.2, 0.25) is 0 Å². The van der Waals surface area contributed by atoms with Crippen molar-refractivity contribution in [2.24, 2.45) is 0 Å². The van der Waals surface area contributed by atoms with Gasteiger partial charge in [-0.1, -0.05) is 30.3 Å². The molecule has 0 spiro atoms. The van der Waals surface area contributed by atoms with Crippen LogP contribution in [0.5, 0.6) is 0 Å². The van der Waals surface area contributed by atoms with Gasteiger partial charge in [0.1, 0.15) is 11.6 Å². The maximum absolute atomic E-state index is 13.5. The number of carbonyl (C=O) groups is 2. The second kappa shape index (κ2) is 8.86. The summed E-state index contributed by atoms with van der Waals surface area (Å²) < 4.78 is 27.0. The molecule has 0 aliphatic rings. The molecule has 0 saturated heterocycles. The largest absolute Gasteiger partial charge is 0.376 e. The summed E-state index contributed by atoms with van der Waals surface area (Å²) in [6.45, 7) is 2.47. The SMILES string of the molecule is CC(O)(C(=O)Nc1cccc(NC(=O)C(C)(O)c2cccc(F)c2)c1)c1cccc(F)c1. The molecule has 0 aromatic heterocycles.